The number of carbonyl (C=O) groups excluding carboxylic acids is 1. The van der Waals surface area contributed by atoms with Crippen molar-refractivity contribution in [2.45, 2.75) is 39.7 Å². The minimum Gasteiger partial charge on any atom is -0.376 e. The Kier molecular flexibility index (Phi) is 4.02. The number of rotatable bonds is 3. The summed E-state index contributed by atoms with van der Waals surface area (Å²) in [7, 11) is 0. The minimum atomic E-state index is 0.0144. The second-order valence-electron chi connectivity index (χ2n) is 5.12. The van der Waals surface area contributed by atoms with Gasteiger partial charge in [-0.05, 0) is 44.7 Å². The Morgan fingerprint density at radius 1 is 1.33 bits per heavy atom. The number of amides is 1. The topological polar surface area (TPSA) is 38.3 Å². The van der Waals surface area contributed by atoms with Gasteiger partial charge in [0.05, 0.1) is 6.10 Å². The summed E-state index contributed by atoms with van der Waals surface area (Å²) in [5.41, 5.74) is 4.08. The Balaban J connectivity index is 2.04. The SMILES string of the molecule is Cc1cc(C)c(C(=O)NC[C@@H]2CCCO2)c(C)c1. The van der Waals surface area contributed by atoms with E-state index in [4.69, 9.17) is 4.74 Å². The molecule has 98 valence electrons. The summed E-state index contributed by atoms with van der Waals surface area (Å²) in [6, 6.07) is 4.10. The first kappa shape index (κ1) is 13.1. The maximum atomic E-state index is 12.2. The molecule has 1 heterocycles. The first-order valence-corrected chi connectivity index (χ1v) is 6.55. The number of benzene rings is 1. The molecule has 2 rings (SSSR count). The van der Waals surface area contributed by atoms with E-state index in [1.165, 1.54) is 5.56 Å². The molecule has 0 aromatic heterocycles. The number of nitrogens with one attached hydrogen (secondary N) is 1. The Morgan fingerprint density at radius 3 is 2.56 bits per heavy atom. The van der Waals surface area contributed by atoms with E-state index >= 15 is 0 Å². The molecule has 1 amide bonds. The molecule has 3 heteroatoms. The maximum Gasteiger partial charge on any atom is 0.251 e. The average molecular weight is 247 g/mol. The average Bonchev–Trinajstić information content (AvgIpc) is 2.77. The lowest BCUT2D eigenvalue weighted by molar-refractivity contribution is 0.0856. The molecule has 0 saturated carbocycles. The summed E-state index contributed by atoms with van der Waals surface area (Å²) < 4.78 is 5.50. The van der Waals surface area contributed by atoms with Crippen LogP contribution in [0.3, 0.4) is 0 Å². The molecule has 1 saturated heterocycles. The molecule has 0 aliphatic carbocycles. The van der Waals surface area contributed by atoms with Gasteiger partial charge >= 0.3 is 0 Å². The van der Waals surface area contributed by atoms with Gasteiger partial charge in [0.2, 0.25) is 0 Å². The lowest BCUT2D eigenvalue weighted by atomic mass is 9.99. The van der Waals surface area contributed by atoms with Gasteiger partial charge in [0.15, 0.2) is 0 Å². The third kappa shape index (κ3) is 2.91. The fraction of sp³-hybridized carbons (Fsp3) is 0.533. The molecule has 1 aliphatic heterocycles. The van der Waals surface area contributed by atoms with Crippen LogP contribution >= 0.6 is 0 Å². The summed E-state index contributed by atoms with van der Waals surface area (Å²) in [5.74, 6) is 0.0144. The highest BCUT2D eigenvalue weighted by Gasteiger charge is 2.18. The van der Waals surface area contributed by atoms with Gasteiger partial charge in [0, 0.05) is 18.7 Å². The molecular weight excluding hydrogens is 226 g/mol. The molecule has 0 spiro atoms. The maximum absolute atomic E-state index is 12.2. The molecule has 0 bridgehead atoms. The minimum absolute atomic E-state index is 0.0144. The van der Waals surface area contributed by atoms with Crippen LogP contribution in [0.1, 0.15) is 39.9 Å². The number of carbonyl (C=O) groups is 1. The molecule has 0 unspecified atom stereocenters. The van der Waals surface area contributed by atoms with Crippen LogP contribution in [0.5, 0.6) is 0 Å². The molecule has 1 aliphatic rings. The highest BCUT2D eigenvalue weighted by atomic mass is 16.5. The van der Waals surface area contributed by atoms with Gasteiger partial charge in [-0.2, -0.15) is 0 Å². The zero-order chi connectivity index (χ0) is 13.1. The van der Waals surface area contributed by atoms with Crippen molar-refractivity contribution in [3.63, 3.8) is 0 Å². The summed E-state index contributed by atoms with van der Waals surface area (Å²) in [4.78, 5) is 12.2. The van der Waals surface area contributed by atoms with E-state index in [0.717, 1.165) is 36.1 Å². The summed E-state index contributed by atoms with van der Waals surface area (Å²) >= 11 is 0. The van der Waals surface area contributed by atoms with Crippen molar-refractivity contribution in [3.8, 4) is 0 Å². The van der Waals surface area contributed by atoms with Crippen LogP contribution in [0.2, 0.25) is 0 Å². The van der Waals surface area contributed by atoms with Crippen molar-refractivity contribution in [3.05, 3.63) is 34.4 Å². The van der Waals surface area contributed by atoms with E-state index < -0.39 is 0 Å². The van der Waals surface area contributed by atoms with Crippen LogP contribution in [-0.2, 0) is 4.74 Å². The number of ether oxygens (including phenoxy) is 1. The van der Waals surface area contributed by atoms with Crippen molar-refractivity contribution in [2.75, 3.05) is 13.2 Å². The third-order valence-electron chi connectivity index (χ3n) is 3.42. The lowest BCUT2D eigenvalue weighted by Crippen LogP contribution is -2.32. The zero-order valence-electron chi connectivity index (χ0n) is 11.4. The number of aryl methyl sites for hydroxylation is 3. The Labute approximate surface area is 109 Å². The summed E-state index contributed by atoms with van der Waals surface area (Å²) in [6.45, 7) is 7.46. The van der Waals surface area contributed by atoms with Crippen LogP contribution in [0.25, 0.3) is 0 Å². The summed E-state index contributed by atoms with van der Waals surface area (Å²) in [5, 5.41) is 2.98. The molecule has 1 aromatic carbocycles. The van der Waals surface area contributed by atoms with E-state index in [0.29, 0.717) is 6.54 Å². The Morgan fingerprint density at radius 2 is 2.00 bits per heavy atom. The highest BCUT2D eigenvalue weighted by Crippen LogP contribution is 2.17. The molecule has 3 nitrogen and oxygen atoms in total. The number of hydrogen-bond donors (Lipinski definition) is 1. The van der Waals surface area contributed by atoms with Crippen molar-refractivity contribution < 1.29 is 9.53 Å². The van der Waals surface area contributed by atoms with Gasteiger partial charge in [-0.1, -0.05) is 17.7 Å². The van der Waals surface area contributed by atoms with Crippen molar-refractivity contribution >= 4 is 5.91 Å². The molecule has 18 heavy (non-hydrogen) atoms. The standard InChI is InChI=1S/C15H21NO2/c1-10-7-11(2)14(12(3)8-10)15(17)16-9-13-5-4-6-18-13/h7-8,13H,4-6,9H2,1-3H3,(H,16,17)/t13-/m0/s1. The van der Waals surface area contributed by atoms with E-state index in [9.17, 15) is 4.79 Å². The highest BCUT2D eigenvalue weighted by molar-refractivity contribution is 5.97. The molecule has 1 atom stereocenters. The first-order valence-electron chi connectivity index (χ1n) is 6.55. The molecule has 1 fully saturated rings. The van der Waals surface area contributed by atoms with Crippen LogP contribution in [0, 0.1) is 20.8 Å². The number of hydrogen-bond acceptors (Lipinski definition) is 2. The predicted octanol–water partition coefficient (Wildman–Crippen LogP) is 2.52. The quantitative estimate of drug-likeness (QED) is 0.891. The van der Waals surface area contributed by atoms with Gasteiger partial charge < -0.3 is 10.1 Å². The molecular formula is C15H21NO2. The zero-order valence-corrected chi connectivity index (χ0v) is 11.4. The van der Waals surface area contributed by atoms with E-state index in [1.807, 2.05) is 32.9 Å². The fourth-order valence-electron chi connectivity index (χ4n) is 2.64. The van der Waals surface area contributed by atoms with Crippen molar-refractivity contribution in [1.29, 1.82) is 0 Å². The Hall–Kier alpha value is -1.35. The fourth-order valence-corrected chi connectivity index (χ4v) is 2.64. The monoisotopic (exact) mass is 247 g/mol. The van der Waals surface area contributed by atoms with Crippen LogP contribution in [0.15, 0.2) is 12.1 Å². The van der Waals surface area contributed by atoms with E-state index in [1.54, 1.807) is 0 Å². The van der Waals surface area contributed by atoms with E-state index in [2.05, 4.69) is 5.32 Å². The second-order valence-corrected chi connectivity index (χ2v) is 5.12. The molecule has 1 aromatic rings. The van der Waals surface area contributed by atoms with Gasteiger partial charge in [-0.3, -0.25) is 4.79 Å². The first-order chi connectivity index (χ1) is 8.58. The van der Waals surface area contributed by atoms with Crippen LogP contribution in [-0.4, -0.2) is 25.2 Å². The normalized spacial score (nSPS) is 18.9. The third-order valence-corrected chi connectivity index (χ3v) is 3.42. The van der Waals surface area contributed by atoms with Gasteiger partial charge in [0.25, 0.3) is 5.91 Å². The lowest BCUT2D eigenvalue weighted by Gasteiger charge is -2.14. The van der Waals surface area contributed by atoms with Gasteiger partial charge in [-0.25, -0.2) is 0 Å². The Bertz CT molecular complexity index is 425. The smallest absolute Gasteiger partial charge is 0.251 e. The van der Waals surface area contributed by atoms with Crippen LogP contribution < -0.4 is 5.32 Å². The van der Waals surface area contributed by atoms with E-state index in [-0.39, 0.29) is 12.0 Å². The largest absolute Gasteiger partial charge is 0.376 e. The predicted molar refractivity (Wildman–Crippen MR) is 72.0 cm³/mol. The summed E-state index contributed by atoms with van der Waals surface area (Å²) in [6.07, 6.45) is 2.34. The van der Waals surface area contributed by atoms with Crippen molar-refractivity contribution in [2.24, 2.45) is 0 Å². The van der Waals surface area contributed by atoms with Gasteiger partial charge in [-0.15, -0.1) is 0 Å². The van der Waals surface area contributed by atoms with Crippen molar-refractivity contribution in [1.82, 2.24) is 5.32 Å². The van der Waals surface area contributed by atoms with Gasteiger partial charge in [0.1, 0.15) is 0 Å². The molecule has 0 radical (unpaired) electrons. The molecule has 1 N–H and O–H groups in total. The van der Waals surface area contributed by atoms with Crippen LogP contribution in [0.4, 0.5) is 0 Å². The second kappa shape index (κ2) is 5.53.